The predicted octanol–water partition coefficient (Wildman–Crippen LogP) is 3.16. The van der Waals surface area contributed by atoms with Gasteiger partial charge in [-0.05, 0) is 36.8 Å². The van der Waals surface area contributed by atoms with E-state index >= 15 is 0 Å². The Labute approximate surface area is 193 Å². The molecular weight excluding hydrogens is 418 g/mol. The van der Waals surface area contributed by atoms with Crippen LogP contribution in [0.4, 0.5) is 4.79 Å². The number of hydrogen-bond acceptors (Lipinski definition) is 4. The Kier molecular flexibility index (Phi) is 5.11. The normalized spacial score (nSPS) is 30.9. The first-order valence-corrected chi connectivity index (χ1v) is 11.9. The molecule has 4 heterocycles. The summed E-state index contributed by atoms with van der Waals surface area (Å²) in [6.07, 6.45) is 3.33. The number of amides is 3. The van der Waals surface area contributed by atoms with Gasteiger partial charge in [0.15, 0.2) is 5.72 Å². The number of rotatable bonds is 2. The van der Waals surface area contributed by atoms with Gasteiger partial charge in [0.2, 0.25) is 5.91 Å². The molecule has 0 spiro atoms. The molecule has 1 N–H and O–H groups in total. The number of likely N-dealkylation sites (tertiary alicyclic amines) is 1. The van der Waals surface area contributed by atoms with Crippen LogP contribution in [0.25, 0.3) is 0 Å². The largest absolute Gasteiger partial charge is 0.350 e. The molecule has 3 fully saturated rings. The monoisotopic (exact) mass is 447 g/mol. The Morgan fingerprint density at radius 3 is 2.70 bits per heavy atom. The molecule has 33 heavy (non-hydrogen) atoms. The molecule has 7 heteroatoms. The van der Waals surface area contributed by atoms with Crippen molar-refractivity contribution in [1.29, 1.82) is 0 Å². The van der Waals surface area contributed by atoms with Crippen LogP contribution in [-0.2, 0) is 26.4 Å². The highest BCUT2D eigenvalue weighted by molar-refractivity contribution is 5.84. The molecule has 4 aliphatic heterocycles. The van der Waals surface area contributed by atoms with E-state index in [4.69, 9.17) is 9.47 Å². The minimum Gasteiger partial charge on any atom is -0.350 e. The van der Waals surface area contributed by atoms with Gasteiger partial charge < -0.3 is 24.6 Å². The van der Waals surface area contributed by atoms with Crippen molar-refractivity contribution in [2.24, 2.45) is 5.92 Å². The van der Waals surface area contributed by atoms with Crippen molar-refractivity contribution in [1.82, 2.24) is 15.1 Å². The number of hydrogen-bond donors (Lipinski definition) is 1. The summed E-state index contributed by atoms with van der Waals surface area (Å²) in [6, 6.07) is 17.8. The number of piperidine rings is 2. The maximum atomic E-state index is 13.7. The molecule has 0 aliphatic carbocycles. The van der Waals surface area contributed by atoms with Gasteiger partial charge in [0.05, 0.1) is 12.0 Å². The Bertz CT molecular complexity index is 1050. The Balaban J connectivity index is 1.28. The Hall–Kier alpha value is -2.90. The third kappa shape index (κ3) is 3.42. The van der Waals surface area contributed by atoms with E-state index in [2.05, 4.69) is 28.4 Å². The van der Waals surface area contributed by atoms with Crippen molar-refractivity contribution < 1.29 is 19.1 Å². The third-order valence-corrected chi connectivity index (χ3v) is 7.76. The van der Waals surface area contributed by atoms with Crippen molar-refractivity contribution in [2.75, 3.05) is 26.5 Å². The van der Waals surface area contributed by atoms with E-state index in [1.807, 2.05) is 41.3 Å². The van der Waals surface area contributed by atoms with E-state index < -0.39 is 5.72 Å². The first-order chi connectivity index (χ1) is 16.2. The number of carbonyl (C=O) groups excluding carboxylic acids is 2. The molecule has 2 aromatic rings. The van der Waals surface area contributed by atoms with E-state index in [1.165, 1.54) is 11.1 Å². The second-order valence-corrected chi connectivity index (χ2v) is 9.48. The third-order valence-electron chi connectivity index (χ3n) is 7.76. The van der Waals surface area contributed by atoms with Gasteiger partial charge in [-0.15, -0.1) is 0 Å². The first kappa shape index (κ1) is 20.7. The predicted molar refractivity (Wildman–Crippen MR) is 121 cm³/mol. The van der Waals surface area contributed by atoms with Crippen LogP contribution in [-0.4, -0.2) is 54.3 Å². The smallest absolute Gasteiger partial charge is 0.320 e. The van der Waals surface area contributed by atoms with Gasteiger partial charge >= 0.3 is 6.03 Å². The summed E-state index contributed by atoms with van der Waals surface area (Å²) in [6.45, 7) is 1.79. The Morgan fingerprint density at radius 2 is 1.88 bits per heavy atom. The maximum absolute atomic E-state index is 13.7. The van der Waals surface area contributed by atoms with E-state index in [9.17, 15) is 9.59 Å². The summed E-state index contributed by atoms with van der Waals surface area (Å²) in [7, 11) is 0. The lowest BCUT2D eigenvalue weighted by molar-refractivity contribution is -0.148. The van der Waals surface area contributed by atoms with Gasteiger partial charge in [-0.2, -0.15) is 0 Å². The topological polar surface area (TPSA) is 71.1 Å². The standard InChI is InChI=1S/C26H29N3O4/c30-24-21-11-6-13-29(23(21)15-22-20-10-5-4-7-18(20)12-14-28(22)24)25(31)27-26(16-32-17-33-26)19-8-2-1-3-9-19/h1-5,7-10,21-23H,6,11-17H2,(H,27,31)/t21-,22+,23-,26-/m0/s1. The van der Waals surface area contributed by atoms with Crippen LogP contribution in [0.3, 0.4) is 0 Å². The highest BCUT2D eigenvalue weighted by atomic mass is 16.7. The quantitative estimate of drug-likeness (QED) is 0.768. The lowest BCUT2D eigenvalue weighted by atomic mass is 9.76. The summed E-state index contributed by atoms with van der Waals surface area (Å²) in [4.78, 5) is 31.1. The molecule has 0 unspecified atom stereocenters. The zero-order valence-electron chi connectivity index (χ0n) is 18.6. The number of nitrogens with one attached hydrogen (secondary N) is 1. The van der Waals surface area contributed by atoms with Crippen LogP contribution < -0.4 is 5.32 Å². The lowest BCUT2D eigenvalue weighted by Crippen LogP contribution is -2.63. The maximum Gasteiger partial charge on any atom is 0.320 e. The fraction of sp³-hybridized carbons (Fsp3) is 0.462. The van der Waals surface area contributed by atoms with Crippen LogP contribution in [0.1, 0.15) is 42.0 Å². The van der Waals surface area contributed by atoms with Gasteiger partial charge in [-0.1, -0.05) is 54.6 Å². The number of carbonyl (C=O) groups is 2. The minimum absolute atomic E-state index is 0.0336. The van der Waals surface area contributed by atoms with E-state index in [0.29, 0.717) is 6.54 Å². The van der Waals surface area contributed by atoms with Crippen molar-refractivity contribution in [3.8, 4) is 0 Å². The summed E-state index contributed by atoms with van der Waals surface area (Å²) in [5.41, 5.74) is 2.40. The molecule has 4 atom stereocenters. The van der Waals surface area contributed by atoms with Crippen LogP contribution in [0.5, 0.6) is 0 Å². The number of nitrogens with zero attached hydrogens (tertiary/aromatic N) is 2. The van der Waals surface area contributed by atoms with Crippen LogP contribution >= 0.6 is 0 Å². The zero-order chi connectivity index (χ0) is 22.4. The van der Waals surface area contributed by atoms with E-state index in [0.717, 1.165) is 37.8 Å². The van der Waals surface area contributed by atoms with Crippen molar-refractivity contribution in [3.63, 3.8) is 0 Å². The number of ether oxygens (including phenoxy) is 2. The van der Waals surface area contributed by atoms with Gasteiger partial charge in [0.25, 0.3) is 0 Å². The van der Waals surface area contributed by atoms with E-state index in [-0.39, 0.29) is 43.3 Å². The molecule has 0 saturated carbocycles. The van der Waals surface area contributed by atoms with Crippen molar-refractivity contribution in [3.05, 3.63) is 71.3 Å². The minimum atomic E-state index is -1.01. The van der Waals surface area contributed by atoms with Gasteiger partial charge in [0, 0.05) is 24.7 Å². The average Bonchev–Trinajstić information content (AvgIpc) is 3.34. The number of urea groups is 1. The SMILES string of the molecule is O=C1[C@H]2CCCN(C(=O)N[C@@]3(c4ccccc4)COCO3)[C@H]2C[C@@H]2c3ccccc3CCN12. The molecular formula is C26H29N3O4. The second kappa shape index (κ2) is 8.15. The van der Waals surface area contributed by atoms with Crippen LogP contribution in [0.15, 0.2) is 54.6 Å². The molecule has 0 radical (unpaired) electrons. The highest BCUT2D eigenvalue weighted by Gasteiger charge is 2.50. The Morgan fingerprint density at radius 1 is 1.06 bits per heavy atom. The fourth-order valence-electron chi connectivity index (χ4n) is 6.13. The molecule has 0 aromatic heterocycles. The molecule has 0 bridgehead atoms. The molecule has 3 amide bonds. The molecule has 7 nitrogen and oxygen atoms in total. The number of fused-ring (bicyclic) bond motifs is 4. The summed E-state index contributed by atoms with van der Waals surface area (Å²) < 4.78 is 11.4. The van der Waals surface area contributed by atoms with Crippen molar-refractivity contribution >= 4 is 11.9 Å². The zero-order valence-corrected chi connectivity index (χ0v) is 18.6. The van der Waals surface area contributed by atoms with E-state index in [1.54, 1.807) is 0 Å². The van der Waals surface area contributed by atoms with Crippen LogP contribution in [0, 0.1) is 5.92 Å². The second-order valence-electron chi connectivity index (χ2n) is 9.48. The van der Waals surface area contributed by atoms with Gasteiger partial charge in [0.1, 0.15) is 13.4 Å². The fourth-order valence-corrected chi connectivity index (χ4v) is 6.13. The highest BCUT2D eigenvalue weighted by Crippen LogP contribution is 2.43. The number of benzene rings is 2. The van der Waals surface area contributed by atoms with Gasteiger partial charge in [-0.3, -0.25) is 4.79 Å². The molecule has 2 aromatic carbocycles. The van der Waals surface area contributed by atoms with Crippen molar-refractivity contribution in [2.45, 2.75) is 43.5 Å². The lowest BCUT2D eigenvalue weighted by Gasteiger charge is -2.51. The molecule has 172 valence electrons. The summed E-state index contributed by atoms with van der Waals surface area (Å²) in [5, 5.41) is 3.13. The summed E-state index contributed by atoms with van der Waals surface area (Å²) in [5.74, 6) is 0.0564. The molecule has 3 saturated heterocycles. The molecule has 6 rings (SSSR count). The first-order valence-electron chi connectivity index (χ1n) is 11.9. The van der Waals surface area contributed by atoms with Gasteiger partial charge in [-0.25, -0.2) is 4.79 Å². The summed E-state index contributed by atoms with van der Waals surface area (Å²) >= 11 is 0. The molecule has 4 aliphatic rings. The van der Waals surface area contributed by atoms with Crippen LogP contribution in [0.2, 0.25) is 0 Å². The average molecular weight is 448 g/mol.